The number of halogens is 1. The van der Waals surface area contributed by atoms with Crippen molar-refractivity contribution in [2.75, 3.05) is 7.11 Å². The molecule has 0 aliphatic carbocycles. The van der Waals surface area contributed by atoms with Gasteiger partial charge >= 0.3 is 0 Å². The Morgan fingerprint density at radius 3 is 2.52 bits per heavy atom. The molecule has 0 unspecified atom stereocenters. The van der Waals surface area contributed by atoms with Crippen molar-refractivity contribution in [1.29, 1.82) is 0 Å². The van der Waals surface area contributed by atoms with Crippen LogP contribution in [-0.2, 0) is 6.42 Å². The molecule has 4 nitrogen and oxygen atoms in total. The van der Waals surface area contributed by atoms with E-state index in [2.05, 4.69) is 9.97 Å². The van der Waals surface area contributed by atoms with Crippen molar-refractivity contribution in [3.63, 3.8) is 0 Å². The number of benzene rings is 2. The molecule has 0 saturated carbocycles. The van der Waals surface area contributed by atoms with Gasteiger partial charge in [-0.05, 0) is 48.7 Å². The second-order valence-corrected chi connectivity index (χ2v) is 6.57. The largest absolute Gasteiger partial charge is 0.496 e. The summed E-state index contributed by atoms with van der Waals surface area (Å²) < 4.78 is 25.3. The first-order valence-corrected chi connectivity index (χ1v) is 8.69. The summed E-state index contributed by atoms with van der Waals surface area (Å²) in [5.41, 5.74) is 5.58. The number of hydrogen-bond acceptors (Lipinski definition) is 4. The Labute approximate surface area is 156 Å². The van der Waals surface area contributed by atoms with Crippen LogP contribution in [0.25, 0.3) is 22.6 Å². The summed E-state index contributed by atoms with van der Waals surface area (Å²) >= 11 is 0. The van der Waals surface area contributed by atoms with Gasteiger partial charge in [0.15, 0.2) is 5.58 Å². The van der Waals surface area contributed by atoms with E-state index in [1.807, 2.05) is 38.1 Å². The number of hydrogen-bond donors (Lipinski definition) is 0. The number of fused-ring (bicyclic) bond motifs is 1. The zero-order valence-corrected chi connectivity index (χ0v) is 15.4. The molecule has 4 rings (SSSR count). The average molecular weight is 362 g/mol. The third kappa shape index (κ3) is 3.28. The highest BCUT2D eigenvalue weighted by molar-refractivity contribution is 5.76. The molecule has 0 saturated heterocycles. The number of aromatic nitrogens is 2. The first-order valence-electron chi connectivity index (χ1n) is 8.69. The molecule has 0 N–H and O–H groups in total. The third-order valence-electron chi connectivity index (χ3n) is 4.57. The minimum absolute atomic E-state index is 0.234. The monoisotopic (exact) mass is 362 g/mol. The van der Waals surface area contributed by atoms with Gasteiger partial charge in [0.2, 0.25) is 5.89 Å². The quantitative estimate of drug-likeness (QED) is 0.498. The highest BCUT2D eigenvalue weighted by Crippen LogP contribution is 2.31. The molecule has 0 atom stereocenters. The predicted octanol–water partition coefficient (Wildman–Crippen LogP) is 5.25. The molecule has 0 radical (unpaired) electrons. The Kier molecular flexibility index (Phi) is 4.36. The van der Waals surface area contributed by atoms with E-state index in [0.717, 1.165) is 28.1 Å². The van der Waals surface area contributed by atoms with E-state index in [0.29, 0.717) is 29.0 Å². The van der Waals surface area contributed by atoms with E-state index < -0.39 is 0 Å². The summed E-state index contributed by atoms with van der Waals surface area (Å²) in [5, 5.41) is 0. The van der Waals surface area contributed by atoms with Crippen LogP contribution in [-0.4, -0.2) is 17.1 Å². The minimum Gasteiger partial charge on any atom is -0.496 e. The fourth-order valence-corrected chi connectivity index (χ4v) is 3.33. The first-order chi connectivity index (χ1) is 13.0. The fourth-order valence-electron chi connectivity index (χ4n) is 3.33. The van der Waals surface area contributed by atoms with Crippen LogP contribution in [0.5, 0.6) is 5.75 Å². The van der Waals surface area contributed by atoms with Crippen molar-refractivity contribution in [2.24, 2.45) is 0 Å². The van der Waals surface area contributed by atoms with Crippen LogP contribution in [0.1, 0.15) is 22.4 Å². The zero-order valence-electron chi connectivity index (χ0n) is 15.4. The maximum Gasteiger partial charge on any atom is 0.227 e. The molecule has 0 aliphatic heterocycles. The topological polar surface area (TPSA) is 48.2 Å². The van der Waals surface area contributed by atoms with Crippen molar-refractivity contribution in [2.45, 2.75) is 20.3 Å². The van der Waals surface area contributed by atoms with Gasteiger partial charge in [-0.25, -0.2) is 9.37 Å². The Hall–Kier alpha value is -3.21. The van der Waals surface area contributed by atoms with Crippen LogP contribution < -0.4 is 4.74 Å². The van der Waals surface area contributed by atoms with Crippen LogP contribution in [0.3, 0.4) is 0 Å². The van der Waals surface area contributed by atoms with Crippen LogP contribution in [0.2, 0.25) is 0 Å². The standard InChI is InChI=1S/C22H19FN2O2/c1-13-8-16(9-14(2)21(13)26-3)22-25-19-12-24-17(11-20(19)27-22)10-15-6-4-5-7-18(15)23/h4-9,11-12H,10H2,1-3H3. The number of oxazole rings is 1. The molecular formula is C22H19FN2O2. The molecule has 4 aromatic rings. The molecule has 2 aromatic heterocycles. The molecular weight excluding hydrogens is 343 g/mol. The molecule has 27 heavy (non-hydrogen) atoms. The van der Waals surface area contributed by atoms with Gasteiger partial charge in [0.1, 0.15) is 17.1 Å². The number of methoxy groups -OCH3 is 1. The van der Waals surface area contributed by atoms with Crippen molar-refractivity contribution in [3.8, 4) is 17.2 Å². The van der Waals surface area contributed by atoms with Gasteiger partial charge in [-0.3, -0.25) is 4.98 Å². The summed E-state index contributed by atoms with van der Waals surface area (Å²) in [5.74, 6) is 1.16. The predicted molar refractivity (Wildman–Crippen MR) is 102 cm³/mol. The maximum atomic E-state index is 13.9. The van der Waals surface area contributed by atoms with Crippen LogP contribution in [0.4, 0.5) is 4.39 Å². The van der Waals surface area contributed by atoms with Crippen molar-refractivity contribution >= 4 is 11.1 Å². The lowest BCUT2D eigenvalue weighted by molar-refractivity contribution is 0.408. The lowest BCUT2D eigenvalue weighted by Gasteiger charge is -2.09. The summed E-state index contributed by atoms with van der Waals surface area (Å²) in [6.45, 7) is 3.98. The molecule has 136 valence electrons. The molecule has 0 fully saturated rings. The molecule has 0 amide bonds. The lowest BCUT2D eigenvalue weighted by atomic mass is 10.1. The summed E-state index contributed by atoms with van der Waals surface area (Å²) in [7, 11) is 1.66. The van der Waals surface area contributed by atoms with Crippen molar-refractivity contribution in [1.82, 2.24) is 9.97 Å². The maximum absolute atomic E-state index is 13.9. The molecule has 0 bridgehead atoms. The van der Waals surface area contributed by atoms with Crippen LogP contribution in [0, 0.1) is 19.7 Å². The second-order valence-electron chi connectivity index (χ2n) is 6.57. The average Bonchev–Trinajstić information content (AvgIpc) is 3.07. The Bertz CT molecular complexity index is 1110. The van der Waals surface area contributed by atoms with E-state index in [1.165, 1.54) is 6.07 Å². The van der Waals surface area contributed by atoms with E-state index in [4.69, 9.17) is 9.15 Å². The number of pyridine rings is 1. The van der Waals surface area contributed by atoms with E-state index in [1.54, 1.807) is 25.4 Å². The number of ether oxygens (including phenoxy) is 1. The van der Waals surface area contributed by atoms with Crippen LogP contribution in [0.15, 0.2) is 53.1 Å². The molecule has 2 aromatic carbocycles. The second kappa shape index (κ2) is 6.83. The van der Waals surface area contributed by atoms with Gasteiger partial charge in [-0.1, -0.05) is 18.2 Å². The smallest absolute Gasteiger partial charge is 0.227 e. The Morgan fingerprint density at radius 1 is 1.07 bits per heavy atom. The molecule has 5 heteroatoms. The van der Waals surface area contributed by atoms with Crippen LogP contribution >= 0.6 is 0 Å². The van der Waals surface area contributed by atoms with E-state index in [-0.39, 0.29) is 5.82 Å². The van der Waals surface area contributed by atoms with Gasteiger partial charge in [0.05, 0.1) is 13.3 Å². The van der Waals surface area contributed by atoms with Crippen molar-refractivity contribution in [3.05, 3.63) is 76.9 Å². The van der Waals surface area contributed by atoms with Gasteiger partial charge in [-0.2, -0.15) is 0 Å². The Balaban J connectivity index is 1.70. The lowest BCUT2D eigenvalue weighted by Crippen LogP contribution is -1.94. The third-order valence-corrected chi connectivity index (χ3v) is 4.57. The summed E-state index contributed by atoms with van der Waals surface area (Å²) in [6, 6.07) is 12.5. The molecule has 0 aliphatic rings. The summed E-state index contributed by atoms with van der Waals surface area (Å²) in [4.78, 5) is 8.95. The SMILES string of the molecule is COc1c(C)cc(-c2nc3cnc(Cc4ccccc4F)cc3o2)cc1C. The van der Waals surface area contributed by atoms with Gasteiger partial charge in [0, 0.05) is 23.7 Å². The molecule has 2 heterocycles. The van der Waals surface area contributed by atoms with E-state index in [9.17, 15) is 4.39 Å². The minimum atomic E-state index is -0.234. The van der Waals surface area contributed by atoms with Gasteiger partial charge < -0.3 is 9.15 Å². The number of aryl methyl sites for hydroxylation is 2. The van der Waals surface area contributed by atoms with Gasteiger partial charge in [0.25, 0.3) is 0 Å². The fraction of sp³-hybridized carbons (Fsp3) is 0.182. The highest BCUT2D eigenvalue weighted by Gasteiger charge is 2.13. The number of rotatable bonds is 4. The van der Waals surface area contributed by atoms with Gasteiger partial charge in [-0.15, -0.1) is 0 Å². The zero-order chi connectivity index (χ0) is 19.0. The summed E-state index contributed by atoms with van der Waals surface area (Å²) in [6.07, 6.45) is 2.07. The van der Waals surface area contributed by atoms with E-state index >= 15 is 0 Å². The normalized spacial score (nSPS) is 11.1. The molecule has 0 spiro atoms. The van der Waals surface area contributed by atoms with Crippen molar-refractivity contribution < 1.29 is 13.5 Å². The first kappa shape index (κ1) is 17.2. The Morgan fingerprint density at radius 2 is 1.81 bits per heavy atom. The highest BCUT2D eigenvalue weighted by atomic mass is 19.1. The number of nitrogens with zero attached hydrogens (tertiary/aromatic N) is 2.